The van der Waals surface area contributed by atoms with Gasteiger partial charge in [-0.1, -0.05) is 12.1 Å². The Bertz CT molecular complexity index is 413. The molecule has 0 aliphatic carbocycles. The zero-order chi connectivity index (χ0) is 12.1. The fourth-order valence-corrected chi connectivity index (χ4v) is 1.35. The largest absolute Gasteiger partial charge is 0.462 e. The molecule has 0 saturated carbocycles. The molecular weight excluding hydrogens is 211 g/mol. The quantitative estimate of drug-likeness (QED) is 0.736. The smallest absolute Gasteiger partial charge is 0.341 e. The van der Waals surface area contributed by atoms with Gasteiger partial charge in [0.2, 0.25) is 0 Å². The van der Waals surface area contributed by atoms with E-state index in [1.54, 1.807) is 6.92 Å². The van der Waals surface area contributed by atoms with Crippen molar-refractivity contribution < 1.29 is 18.7 Å². The van der Waals surface area contributed by atoms with Crippen LogP contribution in [0.5, 0.6) is 0 Å². The molecule has 1 rings (SSSR count). The predicted octanol–water partition coefficient (Wildman–Crippen LogP) is 2.13. The zero-order valence-electron chi connectivity index (χ0n) is 9.25. The summed E-state index contributed by atoms with van der Waals surface area (Å²) >= 11 is 0. The van der Waals surface area contributed by atoms with E-state index in [0.717, 1.165) is 0 Å². The number of benzene rings is 1. The van der Waals surface area contributed by atoms with Crippen LogP contribution in [0.3, 0.4) is 0 Å². The van der Waals surface area contributed by atoms with Crippen LogP contribution in [-0.4, -0.2) is 18.4 Å². The first-order valence-electron chi connectivity index (χ1n) is 5.00. The average molecular weight is 224 g/mol. The van der Waals surface area contributed by atoms with Gasteiger partial charge in [0.15, 0.2) is 0 Å². The Kier molecular flexibility index (Phi) is 4.17. The van der Waals surface area contributed by atoms with Gasteiger partial charge < -0.3 is 4.74 Å². The molecule has 3 nitrogen and oxygen atoms in total. The molecule has 0 atom stereocenters. The molecule has 16 heavy (non-hydrogen) atoms. The van der Waals surface area contributed by atoms with Crippen molar-refractivity contribution in [1.29, 1.82) is 0 Å². The second kappa shape index (κ2) is 5.39. The second-order valence-electron chi connectivity index (χ2n) is 3.38. The Balaban J connectivity index is 3.03. The lowest BCUT2D eigenvalue weighted by Crippen LogP contribution is -2.10. The van der Waals surface area contributed by atoms with Gasteiger partial charge in [0.05, 0.1) is 12.2 Å². The highest BCUT2D eigenvalue weighted by molar-refractivity contribution is 5.90. The van der Waals surface area contributed by atoms with E-state index in [0.29, 0.717) is 0 Å². The first-order chi connectivity index (χ1) is 7.56. The van der Waals surface area contributed by atoms with Crippen LogP contribution in [0.1, 0.15) is 29.8 Å². The van der Waals surface area contributed by atoms with Gasteiger partial charge >= 0.3 is 5.97 Å². The van der Waals surface area contributed by atoms with E-state index >= 15 is 0 Å². The van der Waals surface area contributed by atoms with Gasteiger partial charge in [-0.2, -0.15) is 0 Å². The highest BCUT2D eigenvalue weighted by Gasteiger charge is 2.16. The van der Waals surface area contributed by atoms with Crippen molar-refractivity contribution in [3.8, 4) is 0 Å². The van der Waals surface area contributed by atoms with Crippen molar-refractivity contribution in [2.24, 2.45) is 0 Å². The van der Waals surface area contributed by atoms with Crippen LogP contribution in [0.4, 0.5) is 4.39 Å². The van der Waals surface area contributed by atoms with Crippen LogP contribution in [0, 0.1) is 5.82 Å². The van der Waals surface area contributed by atoms with E-state index in [2.05, 4.69) is 0 Å². The maximum absolute atomic E-state index is 13.8. The molecular formula is C12H13FO3. The summed E-state index contributed by atoms with van der Waals surface area (Å²) in [5.41, 5.74) is 0.0960. The molecule has 0 aliphatic rings. The monoisotopic (exact) mass is 224 g/mol. The van der Waals surface area contributed by atoms with Crippen LogP contribution in [0.25, 0.3) is 0 Å². The molecule has 0 saturated heterocycles. The van der Waals surface area contributed by atoms with Gasteiger partial charge in [-0.15, -0.1) is 0 Å². The van der Waals surface area contributed by atoms with Gasteiger partial charge in [-0.25, -0.2) is 9.18 Å². The Morgan fingerprint density at radius 2 is 2.06 bits per heavy atom. The minimum atomic E-state index is -0.703. The number of rotatable bonds is 4. The highest BCUT2D eigenvalue weighted by Crippen LogP contribution is 2.15. The number of esters is 1. The standard InChI is InChI=1S/C12H13FO3/c1-3-16-12(15)10-6-4-5-9(11(10)13)7-8(2)14/h4-6H,3,7H2,1-2H3. The molecule has 1 aromatic rings. The minimum Gasteiger partial charge on any atom is -0.462 e. The van der Waals surface area contributed by atoms with E-state index in [1.807, 2.05) is 0 Å². The van der Waals surface area contributed by atoms with E-state index in [9.17, 15) is 14.0 Å². The number of hydrogen-bond donors (Lipinski definition) is 0. The van der Waals surface area contributed by atoms with Crippen molar-refractivity contribution in [3.05, 3.63) is 35.1 Å². The SMILES string of the molecule is CCOC(=O)c1cccc(CC(C)=O)c1F. The molecule has 4 heteroatoms. The normalized spacial score (nSPS) is 9.94. The fraction of sp³-hybridized carbons (Fsp3) is 0.333. The van der Waals surface area contributed by atoms with E-state index in [4.69, 9.17) is 4.74 Å². The van der Waals surface area contributed by atoms with Crippen LogP contribution < -0.4 is 0 Å². The Morgan fingerprint density at radius 3 is 2.62 bits per heavy atom. The Morgan fingerprint density at radius 1 is 1.38 bits per heavy atom. The molecule has 0 N–H and O–H groups in total. The van der Waals surface area contributed by atoms with Gasteiger partial charge in [-0.3, -0.25) is 4.79 Å². The van der Waals surface area contributed by atoms with Crippen molar-refractivity contribution in [1.82, 2.24) is 0 Å². The number of ether oxygens (including phenoxy) is 1. The third-order valence-corrected chi connectivity index (χ3v) is 2.01. The molecule has 0 heterocycles. The lowest BCUT2D eigenvalue weighted by atomic mass is 10.1. The molecule has 0 aliphatic heterocycles. The first-order valence-corrected chi connectivity index (χ1v) is 5.00. The number of halogens is 1. The van der Waals surface area contributed by atoms with Gasteiger partial charge in [0.25, 0.3) is 0 Å². The second-order valence-corrected chi connectivity index (χ2v) is 3.38. The van der Waals surface area contributed by atoms with E-state index in [1.165, 1.54) is 25.1 Å². The highest BCUT2D eigenvalue weighted by atomic mass is 19.1. The van der Waals surface area contributed by atoms with Crippen LogP contribution in [0.15, 0.2) is 18.2 Å². The molecule has 86 valence electrons. The van der Waals surface area contributed by atoms with Crippen LogP contribution in [-0.2, 0) is 16.0 Å². The molecule has 0 fully saturated rings. The summed E-state index contributed by atoms with van der Waals surface area (Å²) < 4.78 is 18.5. The van der Waals surface area contributed by atoms with Crippen LogP contribution >= 0.6 is 0 Å². The van der Waals surface area contributed by atoms with Crippen LogP contribution in [0.2, 0.25) is 0 Å². The number of Topliss-reactive ketones (excluding diaryl/α,β-unsaturated/α-hetero) is 1. The van der Waals surface area contributed by atoms with Crippen molar-refractivity contribution in [3.63, 3.8) is 0 Å². The molecule has 0 bridgehead atoms. The molecule has 0 unspecified atom stereocenters. The lowest BCUT2D eigenvalue weighted by molar-refractivity contribution is -0.116. The van der Waals surface area contributed by atoms with E-state index in [-0.39, 0.29) is 29.9 Å². The third kappa shape index (κ3) is 2.89. The Hall–Kier alpha value is -1.71. The van der Waals surface area contributed by atoms with Crippen molar-refractivity contribution in [2.45, 2.75) is 20.3 Å². The number of carbonyl (C=O) groups excluding carboxylic acids is 2. The summed E-state index contributed by atoms with van der Waals surface area (Å²) in [6.07, 6.45) is -0.0148. The molecule has 0 amide bonds. The minimum absolute atomic E-state index is 0.0148. The maximum Gasteiger partial charge on any atom is 0.341 e. The van der Waals surface area contributed by atoms with Crippen molar-refractivity contribution in [2.75, 3.05) is 6.61 Å². The van der Waals surface area contributed by atoms with Gasteiger partial charge in [-0.05, 0) is 25.5 Å². The topological polar surface area (TPSA) is 43.4 Å². The lowest BCUT2D eigenvalue weighted by Gasteiger charge is -2.06. The van der Waals surface area contributed by atoms with Crippen molar-refractivity contribution >= 4 is 11.8 Å². The molecule has 0 radical (unpaired) electrons. The number of carbonyl (C=O) groups is 2. The summed E-state index contributed by atoms with van der Waals surface area (Å²) in [5, 5.41) is 0. The molecule has 0 spiro atoms. The third-order valence-electron chi connectivity index (χ3n) is 2.01. The number of hydrogen-bond acceptors (Lipinski definition) is 3. The number of ketones is 1. The summed E-state index contributed by atoms with van der Waals surface area (Å²) in [4.78, 5) is 22.2. The molecule has 1 aromatic carbocycles. The first kappa shape index (κ1) is 12.4. The Labute approximate surface area is 93.2 Å². The average Bonchev–Trinajstić information content (AvgIpc) is 2.21. The maximum atomic E-state index is 13.8. The van der Waals surface area contributed by atoms with Gasteiger partial charge in [0, 0.05) is 6.42 Å². The summed E-state index contributed by atoms with van der Waals surface area (Å²) in [6.45, 7) is 3.21. The fourth-order valence-electron chi connectivity index (χ4n) is 1.35. The van der Waals surface area contributed by atoms with Gasteiger partial charge in [0.1, 0.15) is 11.6 Å². The summed E-state index contributed by atoms with van der Waals surface area (Å²) in [6, 6.07) is 4.37. The summed E-state index contributed by atoms with van der Waals surface area (Å²) in [5.74, 6) is -1.53. The molecule has 0 aromatic heterocycles. The summed E-state index contributed by atoms with van der Waals surface area (Å²) in [7, 11) is 0. The van der Waals surface area contributed by atoms with E-state index < -0.39 is 11.8 Å². The predicted molar refractivity (Wildman–Crippen MR) is 56.7 cm³/mol. The zero-order valence-corrected chi connectivity index (χ0v) is 9.25.